The van der Waals surface area contributed by atoms with Crippen LogP contribution in [0.4, 0.5) is 8.78 Å². The van der Waals surface area contributed by atoms with Gasteiger partial charge in [0.1, 0.15) is 23.1 Å². The number of thioether (sulfide) groups is 1. The van der Waals surface area contributed by atoms with Crippen molar-refractivity contribution < 1.29 is 23.0 Å². The van der Waals surface area contributed by atoms with Gasteiger partial charge in [0.2, 0.25) is 5.91 Å². The monoisotopic (exact) mass is 422 g/mol. The first-order chi connectivity index (χ1) is 14.0. The maximum atomic E-state index is 13.7. The van der Waals surface area contributed by atoms with Gasteiger partial charge in [-0.2, -0.15) is 0 Å². The van der Waals surface area contributed by atoms with E-state index in [1.165, 1.54) is 12.1 Å². The highest BCUT2D eigenvalue weighted by Gasteiger charge is 2.22. The number of halogens is 2. The minimum atomic E-state index is -0.639. The lowest BCUT2D eigenvalue weighted by atomic mass is 10.1. The predicted molar refractivity (Wildman–Crippen MR) is 108 cm³/mol. The molecule has 0 aliphatic carbocycles. The molecule has 1 saturated heterocycles. The Morgan fingerprint density at radius 2 is 1.79 bits per heavy atom. The summed E-state index contributed by atoms with van der Waals surface area (Å²) in [4.78, 5) is 16.8. The van der Waals surface area contributed by atoms with Gasteiger partial charge >= 0.3 is 0 Å². The van der Waals surface area contributed by atoms with E-state index in [9.17, 15) is 13.6 Å². The van der Waals surface area contributed by atoms with E-state index in [1.54, 1.807) is 19.1 Å². The Labute approximate surface area is 173 Å². The van der Waals surface area contributed by atoms with Crippen LogP contribution in [0.1, 0.15) is 5.56 Å². The first-order valence-corrected chi connectivity index (χ1v) is 10.3. The van der Waals surface area contributed by atoms with Crippen molar-refractivity contribution in [2.45, 2.75) is 11.4 Å². The summed E-state index contributed by atoms with van der Waals surface area (Å²) in [5.41, 5.74) is 1.04. The molecule has 1 amide bonds. The molecule has 0 atom stereocenters. The van der Waals surface area contributed by atoms with E-state index in [4.69, 9.17) is 9.47 Å². The molecule has 8 heteroatoms. The standard InChI is InChI=1S/C21H24F2N2O3S/c1-27-17-4-5-19(28-2)15(11-17)13-24-7-9-25(10-8-24)21(26)14-29-20-6-3-16(22)12-18(20)23/h3-6,11-12H,7-10,13-14H2,1-2H3. The van der Waals surface area contributed by atoms with Crippen molar-refractivity contribution in [2.24, 2.45) is 0 Å². The van der Waals surface area contributed by atoms with E-state index in [1.807, 2.05) is 18.2 Å². The van der Waals surface area contributed by atoms with Gasteiger partial charge in [-0.15, -0.1) is 11.8 Å². The number of hydrogen-bond donors (Lipinski definition) is 0. The van der Waals surface area contributed by atoms with E-state index < -0.39 is 11.6 Å². The maximum absolute atomic E-state index is 13.7. The number of nitrogens with zero attached hydrogens (tertiary/aromatic N) is 2. The fourth-order valence-electron chi connectivity index (χ4n) is 3.22. The summed E-state index contributed by atoms with van der Waals surface area (Å²) >= 11 is 1.09. The van der Waals surface area contributed by atoms with E-state index in [-0.39, 0.29) is 16.6 Å². The first-order valence-electron chi connectivity index (χ1n) is 9.29. The van der Waals surface area contributed by atoms with E-state index in [0.717, 1.165) is 48.0 Å². The molecule has 0 bridgehead atoms. The van der Waals surface area contributed by atoms with Crippen LogP contribution in [-0.4, -0.2) is 61.9 Å². The number of methoxy groups -OCH3 is 2. The lowest BCUT2D eigenvalue weighted by molar-refractivity contribution is -0.130. The third kappa shape index (κ3) is 5.61. The summed E-state index contributed by atoms with van der Waals surface area (Å²) in [5.74, 6) is 0.410. The van der Waals surface area contributed by atoms with Crippen molar-refractivity contribution in [1.82, 2.24) is 9.80 Å². The minimum Gasteiger partial charge on any atom is -0.497 e. The number of hydrogen-bond acceptors (Lipinski definition) is 5. The largest absolute Gasteiger partial charge is 0.497 e. The molecule has 3 rings (SSSR count). The Balaban J connectivity index is 1.50. The zero-order valence-corrected chi connectivity index (χ0v) is 17.3. The first kappa shape index (κ1) is 21.4. The van der Waals surface area contributed by atoms with E-state index in [2.05, 4.69) is 4.90 Å². The van der Waals surface area contributed by atoms with Crippen LogP contribution >= 0.6 is 11.8 Å². The zero-order valence-electron chi connectivity index (χ0n) is 16.5. The minimum absolute atomic E-state index is 0.0441. The molecule has 1 heterocycles. The van der Waals surface area contributed by atoms with E-state index >= 15 is 0 Å². The van der Waals surface area contributed by atoms with Crippen molar-refractivity contribution in [1.29, 1.82) is 0 Å². The summed E-state index contributed by atoms with van der Waals surface area (Å²) in [6, 6.07) is 9.10. The highest BCUT2D eigenvalue weighted by molar-refractivity contribution is 8.00. The fraction of sp³-hybridized carbons (Fsp3) is 0.381. The molecule has 1 aliphatic heterocycles. The third-order valence-corrected chi connectivity index (χ3v) is 5.88. The van der Waals surface area contributed by atoms with Gasteiger partial charge < -0.3 is 14.4 Å². The van der Waals surface area contributed by atoms with E-state index in [0.29, 0.717) is 19.6 Å². The molecule has 0 unspecified atom stereocenters. The Bertz CT molecular complexity index is 858. The molecular formula is C21H24F2N2O3S. The van der Waals surface area contributed by atoms with Crippen molar-refractivity contribution in [2.75, 3.05) is 46.2 Å². The average molecular weight is 422 g/mol. The highest BCUT2D eigenvalue weighted by atomic mass is 32.2. The number of piperazine rings is 1. The summed E-state index contributed by atoms with van der Waals surface area (Å²) in [5, 5.41) is 0. The number of carbonyl (C=O) groups is 1. The average Bonchev–Trinajstić information content (AvgIpc) is 2.73. The second-order valence-electron chi connectivity index (χ2n) is 6.70. The molecule has 0 aromatic heterocycles. The molecule has 2 aromatic carbocycles. The van der Waals surface area contributed by atoms with Crippen LogP contribution in [0.5, 0.6) is 11.5 Å². The number of benzene rings is 2. The van der Waals surface area contributed by atoms with Gasteiger partial charge in [0.05, 0.1) is 20.0 Å². The lowest BCUT2D eigenvalue weighted by Crippen LogP contribution is -2.48. The van der Waals surface area contributed by atoms with Gasteiger partial charge in [-0.1, -0.05) is 0 Å². The normalized spacial score (nSPS) is 14.7. The molecule has 5 nitrogen and oxygen atoms in total. The summed E-state index contributed by atoms with van der Waals surface area (Å²) in [6.07, 6.45) is 0. The molecule has 1 fully saturated rings. The highest BCUT2D eigenvalue weighted by Crippen LogP contribution is 2.26. The number of rotatable bonds is 7. The quantitative estimate of drug-likeness (QED) is 0.640. The van der Waals surface area contributed by atoms with Gasteiger partial charge in [0, 0.05) is 49.2 Å². The molecule has 1 aliphatic rings. The molecule has 0 radical (unpaired) electrons. The van der Waals surface area contributed by atoms with Crippen molar-refractivity contribution in [3.05, 3.63) is 53.6 Å². The predicted octanol–water partition coefficient (Wildman–Crippen LogP) is 3.42. The Hall–Kier alpha value is -2.32. The van der Waals surface area contributed by atoms with Gasteiger partial charge in [-0.25, -0.2) is 8.78 Å². The van der Waals surface area contributed by atoms with Crippen LogP contribution in [0.25, 0.3) is 0 Å². The topological polar surface area (TPSA) is 42.0 Å². The van der Waals surface area contributed by atoms with Crippen molar-refractivity contribution in [3.8, 4) is 11.5 Å². The molecule has 2 aromatic rings. The molecule has 0 spiro atoms. The van der Waals surface area contributed by atoms with Crippen molar-refractivity contribution in [3.63, 3.8) is 0 Å². The Morgan fingerprint density at radius 1 is 1.03 bits per heavy atom. The number of amides is 1. The van der Waals surface area contributed by atoms with Crippen LogP contribution in [0.3, 0.4) is 0 Å². The molecule has 0 saturated carbocycles. The second kappa shape index (κ2) is 9.93. The Morgan fingerprint density at radius 3 is 2.45 bits per heavy atom. The second-order valence-corrected chi connectivity index (χ2v) is 7.72. The number of carbonyl (C=O) groups excluding carboxylic acids is 1. The van der Waals surface area contributed by atoms with Crippen LogP contribution in [0.2, 0.25) is 0 Å². The van der Waals surface area contributed by atoms with Gasteiger partial charge in [0.15, 0.2) is 0 Å². The molecule has 29 heavy (non-hydrogen) atoms. The summed E-state index contributed by atoms with van der Waals surface area (Å²) in [6.45, 7) is 3.40. The van der Waals surface area contributed by atoms with Crippen molar-refractivity contribution >= 4 is 17.7 Å². The van der Waals surface area contributed by atoms with Gasteiger partial charge in [0.25, 0.3) is 0 Å². The molecular weight excluding hydrogens is 398 g/mol. The van der Waals surface area contributed by atoms with Gasteiger partial charge in [-0.05, 0) is 30.3 Å². The summed E-state index contributed by atoms with van der Waals surface area (Å²) < 4.78 is 37.4. The SMILES string of the molecule is COc1ccc(OC)c(CN2CCN(C(=O)CSc3ccc(F)cc3F)CC2)c1. The smallest absolute Gasteiger partial charge is 0.233 e. The molecule has 156 valence electrons. The third-order valence-electron chi connectivity index (χ3n) is 4.85. The summed E-state index contributed by atoms with van der Waals surface area (Å²) in [7, 11) is 3.27. The molecule has 0 N–H and O–H groups in total. The fourth-order valence-corrected chi connectivity index (χ4v) is 4.05. The van der Waals surface area contributed by atoms with Crippen LogP contribution in [0, 0.1) is 11.6 Å². The van der Waals surface area contributed by atoms with Crippen LogP contribution in [-0.2, 0) is 11.3 Å². The number of ether oxygens (including phenoxy) is 2. The van der Waals surface area contributed by atoms with Gasteiger partial charge in [-0.3, -0.25) is 9.69 Å². The van der Waals surface area contributed by atoms with Crippen LogP contribution in [0.15, 0.2) is 41.3 Å². The lowest BCUT2D eigenvalue weighted by Gasteiger charge is -2.35. The zero-order chi connectivity index (χ0) is 20.8. The maximum Gasteiger partial charge on any atom is 0.233 e. The Kier molecular flexibility index (Phi) is 7.33. The van der Waals surface area contributed by atoms with Crippen LogP contribution < -0.4 is 9.47 Å².